The predicted octanol–water partition coefficient (Wildman–Crippen LogP) is 3.24. The van der Waals surface area contributed by atoms with Crippen LogP contribution in [0.25, 0.3) is 0 Å². The Labute approximate surface area is 188 Å². The van der Waals surface area contributed by atoms with E-state index in [9.17, 15) is 19.2 Å². The number of hydrogen-bond acceptors (Lipinski definition) is 8. The van der Waals surface area contributed by atoms with Crippen LogP contribution in [0.5, 0.6) is 5.75 Å². The summed E-state index contributed by atoms with van der Waals surface area (Å²) in [6.45, 7) is 4.80. The Hall–Kier alpha value is -3.24. The standard InChI is InChI=1S/C22H25F2NO8/c1-20(2,3)33-19(29)25-8-6-21(7-9-25)22(23,24)16(26)14-10-12(17(27)30-4)13(18(28)31-5)11-15(14)32-21/h10-11H,6-9H2,1-5H3. The molecule has 0 saturated carbocycles. The average Bonchev–Trinajstić information content (AvgIpc) is 2.75. The number of benzene rings is 1. The van der Waals surface area contributed by atoms with E-state index in [1.54, 1.807) is 20.8 Å². The second kappa shape index (κ2) is 8.27. The lowest BCUT2D eigenvalue weighted by atomic mass is 9.78. The van der Waals surface area contributed by atoms with Gasteiger partial charge in [-0.1, -0.05) is 0 Å². The molecule has 1 aromatic rings. The minimum atomic E-state index is -3.94. The molecule has 180 valence electrons. The van der Waals surface area contributed by atoms with Gasteiger partial charge in [-0.3, -0.25) is 4.79 Å². The Balaban J connectivity index is 1.97. The van der Waals surface area contributed by atoms with E-state index >= 15 is 8.78 Å². The number of Topliss-reactive ketones (excluding diaryl/α,β-unsaturated/α-hetero) is 1. The normalized spacial score (nSPS) is 18.8. The van der Waals surface area contributed by atoms with Gasteiger partial charge in [0, 0.05) is 25.9 Å². The molecular formula is C22H25F2NO8. The third kappa shape index (κ3) is 4.23. The van der Waals surface area contributed by atoms with E-state index < -0.39 is 52.1 Å². The Bertz CT molecular complexity index is 1010. The van der Waals surface area contributed by atoms with E-state index in [2.05, 4.69) is 9.47 Å². The van der Waals surface area contributed by atoms with E-state index in [0.717, 1.165) is 26.4 Å². The zero-order valence-corrected chi connectivity index (χ0v) is 19.0. The number of amides is 1. The summed E-state index contributed by atoms with van der Waals surface area (Å²) in [6, 6.07) is 1.88. The number of methoxy groups -OCH3 is 2. The summed E-state index contributed by atoms with van der Waals surface area (Å²) in [4.78, 5) is 50.7. The van der Waals surface area contributed by atoms with Crippen molar-refractivity contribution < 1.29 is 46.9 Å². The lowest BCUT2D eigenvalue weighted by Gasteiger charge is -2.47. The van der Waals surface area contributed by atoms with E-state index in [4.69, 9.17) is 9.47 Å². The molecule has 9 nitrogen and oxygen atoms in total. The lowest BCUT2D eigenvalue weighted by Crippen LogP contribution is -2.64. The molecule has 2 aliphatic rings. The maximum atomic E-state index is 15.3. The van der Waals surface area contributed by atoms with Crippen molar-refractivity contribution >= 4 is 23.8 Å². The van der Waals surface area contributed by atoms with Crippen molar-refractivity contribution in [1.29, 1.82) is 0 Å². The minimum Gasteiger partial charge on any atom is -0.479 e. The van der Waals surface area contributed by atoms with Crippen molar-refractivity contribution in [3.05, 3.63) is 28.8 Å². The maximum Gasteiger partial charge on any atom is 0.410 e. The second-order valence-corrected chi connectivity index (χ2v) is 8.84. The molecule has 11 heteroatoms. The van der Waals surface area contributed by atoms with Crippen LogP contribution in [0.2, 0.25) is 0 Å². The van der Waals surface area contributed by atoms with Crippen molar-refractivity contribution in [2.24, 2.45) is 0 Å². The fourth-order valence-corrected chi connectivity index (χ4v) is 3.84. The highest BCUT2D eigenvalue weighted by atomic mass is 19.3. The van der Waals surface area contributed by atoms with Gasteiger partial charge in [-0.05, 0) is 32.9 Å². The summed E-state index contributed by atoms with van der Waals surface area (Å²) in [5, 5.41) is 0. The number of ether oxygens (including phenoxy) is 4. The third-order valence-corrected chi connectivity index (χ3v) is 5.56. The van der Waals surface area contributed by atoms with Gasteiger partial charge in [-0.2, -0.15) is 8.78 Å². The molecule has 2 heterocycles. The number of hydrogen-bond donors (Lipinski definition) is 0. The van der Waals surface area contributed by atoms with Crippen molar-refractivity contribution in [1.82, 2.24) is 4.90 Å². The van der Waals surface area contributed by atoms with Gasteiger partial charge in [-0.25, -0.2) is 14.4 Å². The summed E-state index contributed by atoms with van der Waals surface area (Å²) >= 11 is 0. The third-order valence-electron chi connectivity index (χ3n) is 5.56. The van der Waals surface area contributed by atoms with Gasteiger partial charge in [0.05, 0.1) is 30.9 Å². The maximum absolute atomic E-state index is 15.3. The number of rotatable bonds is 2. The number of likely N-dealkylation sites (tertiary alicyclic amines) is 1. The number of fused-ring (bicyclic) bond motifs is 1. The van der Waals surface area contributed by atoms with Gasteiger partial charge in [-0.15, -0.1) is 0 Å². The lowest BCUT2D eigenvalue weighted by molar-refractivity contribution is -0.162. The zero-order chi connectivity index (χ0) is 24.8. The van der Waals surface area contributed by atoms with E-state index in [-0.39, 0.29) is 37.2 Å². The Morgan fingerprint density at radius 2 is 1.52 bits per heavy atom. The smallest absolute Gasteiger partial charge is 0.410 e. The van der Waals surface area contributed by atoms with Crippen LogP contribution in [-0.4, -0.2) is 73.1 Å². The summed E-state index contributed by atoms with van der Waals surface area (Å²) in [5.41, 5.74) is -4.22. The minimum absolute atomic E-state index is 0.128. The van der Waals surface area contributed by atoms with Crippen molar-refractivity contribution in [2.45, 2.75) is 50.7 Å². The van der Waals surface area contributed by atoms with E-state index in [1.807, 2.05) is 0 Å². The van der Waals surface area contributed by atoms with Gasteiger partial charge < -0.3 is 23.8 Å². The molecule has 0 aliphatic carbocycles. The SMILES string of the molecule is COC(=O)c1cc2c(cc1C(=O)OC)C(=O)C(F)(F)C1(CCN(C(=O)OC(C)(C)C)CC1)O2. The Morgan fingerprint density at radius 1 is 1.00 bits per heavy atom. The molecule has 1 amide bonds. The van der Waals surface area contributed by atoms with Crippen molar-refractivity contribution in [3.8, 4) is 5.75 Å². The van der Waals surface area contributed by atoms with Gasteiger partial charge in [0.25, 0.3) is 0 Å². The van der Waals surface area contributed by atoms with Crippen molar-refractivity contribution in [2.75, 3.05) is 27.3 Å². The molecular weight excluding hydrogens is 444 g/mol. The van der Waals surface area contributed by atoms with Gasteiger partial charge >= 0.3 is 24.0 Å². The average molecular weight is 469 g/mol. The molecule has 33 heavy (non-hydrogen) atoms. The summed E-state index contributed by atoms with van der Waals surface area (Å²) in [5.74, 6) is -7.69. The first-order valence-electron chi connectivity index (χ1n) is 10.2. The number of esters is 2. The van der Waals surface area contributed by atoms with Gasteiger partial charge in [0.1, 0.15) is 11.4 Å². The summed E-state index contributed by atoms with van der Waals surface area (Å²) in [7, 11) is 2.13. The molecule has 1 saturated heterocycles. The number of ketones is 1. The molecule has 0 radical (unpaired) electrons. The number of halogens is 2. The summed E-state index contributed by atoms with van der Waals surface area (Å²) < 4.78 is 50.9. The molecule has 0 bridgehead atoms. The van der Waals surface area contributed by atoms with Gasteiger partial charge in [0.2, 0.25) is 5.78 Å². The summed E-state index contributed by atoms with van der Waals surface area (Å²) in [6.07, 6.45) is -1.35. The fraction of sp³-hybridized carbons (Fsp3) is 0.545. The zero-order valence-electron chi connectivity index (χ0n) is 19.0. The second-order valence-electron chi connectivity index (χ2n) is 8.84. The number of nitrogens with zero attached hydrogens (tertiary/aromatic N) is 1. The fourth-order valence-electron chi connectivity index (χ4n) is 3.84. The highest BCUT2D eigenvalue weighted by Crippen LogP contribution is 2.49. The molecule has 1 fully saturated rings. The molecule has 0 aromatic heterocycles. The van der Waals surface area contributed by atoms with Gasteiger partial charge in [0.15, 0.2) is 5.60 Å². The van der Waals surface area contributed by atoms with E-state index in [1.165, 1.54) is 4.90 Å². The molecule has 0 N–H and O–H groups in total. The van der Waals surface area contributed by atoms with E-state index in [0.29, 0.717) is 0 Å². The van der Waals surface area contributed by atoms with Crippen LogP contribution >= 0.6 is 0 Å². The predicted molar refractivity (Wildman–Crippen MR) is 109 cm³/mol. The van der Waals surface area contributed by atoms with Crippen LogP contribution < -0.4 is 4.74 Å². The quantitative estimate of drug-likeness (QED) is 0.480. The highest BCUT2D eigenvalue weighted by molar-refractivity contribution is 6.10. The monoisotopic (exact) mass is 469 g/mol. The van der Waals surface area contributed by atoms with Crippen LogP contribution in [0, 0.1) is 0 Å². The molecule has 0 atom stereocenters. The van der Waals surface area contributed by atoms with Crippen molar-refractivity contribution in [3.63, 3.8) is 0 Å². The van der Waals surface area contributed by atoms with Crippen LogP contribution in [0.4, 0.5) is 13.6 Å². The first kappa shape index (κ1) is 24.4. The molecule has 3 rings (SSSR count). The number of alkyl halides is 2. The van der Waals surface area contributed by atoms with Crippen LogP contribution in [-0.2, 0) is 14.2 Å². The van der Waals surface area contributed by atoms with Crippen LogP contribution in [0.3, 0.4) is 0 Å². The first-order valence-corrected chi connectivity index (χ1v) is 10.2. The number of carbonyl (C=O) groups excluding carboxylic acids is 4. The first-order chi connectivity index (χ1) is 15.3. The molecule has 0 unspecified atom stereocenters. The molecule has 1 aromatic carbocycles. The largest absolute Gasteiger partial charge is 0.479 e. The Kier molecular flexibility index (Phi) is 6.12. The topological polar surface area (TPSA) is 108 Å². The van der Waals surface area contributed by atoms with Crippen LogP contribution in [0.15, 0.2) is 12.1 Å². The number of piperidine rings is 1. The van der Waals surface area contributed by atoms with Crippen LogP contribution in [0.1, 0.15) is 64.7 Å². The Morgan fingerprint density at radius 3 is 2.00 bits per heavy atom. The molecule has 1 spiro atoms. The molecule has 2 aliphatic heterocycles. The highest BCUT2D eigenvalue weighted by Gasteiger charge is 2.65. The number of carbonyl (C=O) groups is 4.